The number of fused-ring (bicyclic) bond motifs is 1. The summed E-state index contributed by atoms with van der Waals surface area (Å²) in [4.78, 5) is 26.9. The third-order valence-electron chi connectivity index (χ3n) is 6.83. The molecule has 3 aliphatic rings. The highest BCUT2D eigenvalue weighted by Crippen LogP contribution is 2.54. The van der Waals surface area contributed by atoms with Crippen molar-refractivity contribution in [1.29, 1.82) is 0 Å². The Hall–Kier alpha value is -1.84. The molecule has 0 spiro atoms. The van der Waals surface area contributed by atoms with E-state index in [4.69, 9.17) is 0 Å². The van der Waals surface area contributed by atoms with Crippen LogP contribution in [-0.2, 0) is 9.59 Å². The van der Waals surface area contributed by atoms with E-state index in [1.165, 1.54) is 31.2 Å². The summed E-state index contributed by atoms with van der Waals surface area (Å²) in [5, 5.41) is 3.37. The van der Waals surface area contributed by atoms with Crippen LogP contribution in [0.1, 0.15) is 57.4 Å². The number of hydrogen-bond donors (Lipinski definition) is 1. The lowest BCUT2D eigenvalue weighted by Gasteiger charge is -2.55. The zero-order chi connectivity index (χ0) is 18.3. The first-order valence-corrected chi connectivity index (χ1v) is 10.2. The van der Waals surface area contributed by atoms with Gasteiger partial charge in [0.05, 0.1) is 5.92 Å². The smallest absolute Gasteiger partial charge is 0.225 e. The lowest BCUT2D eigenvalue weighted by molar-refractivity contribution is -0.131. The molecule has 1 aromatic rings. The number of nitrogens with one attached hydrogen (secondary N) is 1. The van der Waals surface area contributed by atoms with Crippen molar-refractivity contribution < 1.29 is 9.59 Å². The number of nitrogens with zero attached hydrogens (tertiary/aromatic N) is 1. The molecule has 4 rings (SSSR count). The predicted molar refractivity (Wildman–Crippen MR) is 102 cm³/mol. The molecule has 0 aromatic heterocycles. The SMILES string of the molecule is CC(C)N1C[C@H](C(=O)N[C@H]2[C@@H]3CCCC[C@H]3[C@@H]2c2ccccc2)CC1=O. The molecule has 0 bridgehead atoms. The fourth-order valence-electron chi connectivity index (χ4n) is 5.48. The van der Waals surface area contributed by atoms with Crippen LogP contribution in [0.3, 0.4) is 0 Å². The van der Waals surface area contributed by atoms with Gasteiger partial charge in [-0.15, -0.1) is 0 Å². The van der Waals surface area contributed by atoms with Crippen LogP contribution in [0.25, 0.3) is 0 Å². The highest BCUT2D eigenvalue weighted by molar-refractivity contribution is 5.89. The molecule has 26 heavy (non-hydrogen) atoms. The van der Waals surface area contributed by atoms with Gasteiger partial charge in [-0.25, -0.2) is 0 Å². The largest absolute Gasteiger partial charge is 0.352 e. The second-order valence-corrected chi connectivity index (χ2v) is 8.62. The normalized spacial score (nSPS) is 33.7. The first kappa shape index (κ1) is 17.6. The van der Waals surface area contributed by atoms with Crippen LogP contribution >= 0.6 is 0 Å². The van der Waals surface area contributed by atoms with Gasteiger partial charge in [0.25, 0.3) is 0 Å². The predicted octanol–water partition coefficient (Wildman–Crippen LogP) is 3.33. The molecule has 2 amide bonds. The molecule has 1 aromatic carbocycles. The minimum atomic E-state index is -0.191. The summed E-state index contributed by atoms with van der Waals surface area (Å²) >= 11 is 0. The molecule has 3 fully saturated rings. The van der Waals surface area contributed by atoms with E-state index in [1.54, 1.807) is 0 Å². The van der Waals surface area contributed by atoms with Gasteiger partial charge < -0.3 is 10.2 Å². The van der Waals surface area contributed by atoms with Gasteiger partial charge in [-0.3, -0.25) is 9.59 Å². The fraction of sp³-hybridized carbons (Fsp3) is 0.636. The zero-order valence-corrected chi connectivity index (χ0v) is 15.9. The molecule has 4 nitrogen and oxygen atoms in total. The van der Waals surface area contributed by atoms with Gasteiger partial charge in [-0.2, -0.15) is 0 Å². The number of hydrogen-bond acceptors (Lipinski definition) is 2. The van der Waals surface area contributed by atoms with Gasteiger partial charge in [0.15, 0.2) is 0 Å². The van der Waals surface area contributed by atoms with E-state index in [1.807, 2.05) is 18.7 Å². The van der Waals surface area contributed by atoms with Crippen molar-refractivity contribution in [2.75, 3.05) is 6.54 Å². The van der Waals surface area contributed by atoms with Crippen LogP contribution in [0.15, 0.2) is 30.3 Å². The molecule has 4 heteroatoms. The van der Waals surface area contributed by atoms with Crippen molar-refractivity contribution in [2.45, 2.75) is 64.0 Å². The maximum Gasteiger partial charge on any atom is 0.225 e. The van der Waals surface area contributed by atoms with Crippen LogP contribution in [0.5, 0.6) is 0 Å². The molecule has 1 N–H and O–H groups in total. The summed E-state index contributed by atoms with van der Waals surface area (Å²) in [6.45, 7) is 4.60. The molecule has 2 aliphatic carbocycles. The molecule has 0 radical (unpaired) electrons. The molecular weight excluding hydrogens is 324 g/mol. The summed E-state index contributed by atoms with van der Waals surface area (Å²) in [6, 6.07) is 11.1. The van der Waals surface area contributed by atoms with Gasteiger partial charge >= 0.3 is 0 Å². The van der Waals surface area contributed by atoms with Crippen molar-refractivity contribution in [1.82, 2.24) is 10.2 Å². The van der Waals surface area contributed by atoms with Crippen molar-refractivity contribution in [3.05, 3.63) is 35.9 Å². The monoisotopic (exact) mass is 354 g/mol. The minimum absolute atomic E-state index is 0.0801. The van der Waals surface area contributed by atoms with Crippen molar-refractivity contribution in [3.8, 4) is 0 Å². The number of likely N-dealkylation sites (tertiary alicyclic amines) is 1. The van der Waals surface area contributed by atoms with Crippen LogP contribution in [0, 0.1) is 17.8 Å². The Morgan fingerprint density at radius 3 is 2.46 bits per heavy atom. The van der Waals surface area contributed by atoms with E-state index in [2.05, 4.69) is 35.6 Å². The van der Waals surface area contributed by atoms with Crippen LogP contribution in [0.4, 0.5) is 0 Å². The van der Waals surface area contributed by atoms with Crippen LogP contribution in [-0.4, -0.2) is 35.3 Å². The first-order chi connectivity index (χ1) is 12.6. The van der Waals surface area contributed by atoms with Gasteiger partial charge in [-0.1, -0.05) is 43.2 Å². The minimum Gasteiger partial charge on any atom is -0.352 e. The van der Waals surface area contributed by atoms with E-state index in [0.29, 0.717) is 30.7 Å². The molecule has 2 saturated carbocycles. The Morgan fingerprint density at radius 1 is 1.12 bits per heavy atom. The van der Waals surface area contributed by atoms with Crippen molar-refractivity contribution in [3.63, 3.8) is 0 Å². The third-order valence-corrected chi connectivity index (χ3v) is 6.83. The molecule has 0 unspecified atom stereocenters. The maximum atomic E-state index is 12.9. The summed E-state index contributed by atoms with van der Waals surface area (Å²) < 4.78 is 0. The third kappa shape index (κ3) is 3.04. The molecule has 1 saturated heterocycles. The topological polar surface area (TPSA) is 49.4 Å². The van der Waals surface area contributed by atoms with E-state index in [0.717, 1.165) is 0 Å². The summed E-state index contributed by atoms with van der Waals surface area (Å²) in [5.74, 6) is 1.75. The van der Waals surface area contributed by atoms with E-state index >= 15 is 0 Å². The number of carbonyl (C=O) groups excluding carboxylic acids is 2. The summed E-state index contributed by atoms with van der Waals surface area (Å²) in [7, 11) is 0. The number of amides is 2. The second kappa shape index (κ2) is 7.05. The highest BCUT2D eigenvalue weighted by Gasteiger charge is 2.52. The Bertz CT molecular complexity index is 672. The Morgan fingerprint density at radius 2 is 1.81 bits per heavy atom. The molecule has 140 valence electrons. The standard InChI is InChI=1S/C22H30N2O2/c1-14(2)24-13-16(12-19(24)25)22(26)23-21-18-11-7-6-10-17(18)20(21)15-8-4-3-5-9-15/h3-5,8-9,14,16-18,20-21H,6-7,10-13H2,1-2H3,(H,23,26)/t16-,17-,18-,20+,21+/m1/s1. The lowest BCUT2D eigenvalue weighted by Crippen LogP contribution is -2.60. The van der Waals surface area contributed by atoms with Gasteiger partial charge in [0, 0.05) is 31.0 Å². The Balaban J connectivity index is 1.47. The van der Waals surface area contributed by atoms with Crippen molar-refractivity contribution >= 4 is 11.8 Å². The number of carbonyl (C=O) groups is 2. The van der Waals surface area contributed by atoms with E-state index in [-0.39, 0.29) is 29.8 Å². The first-order valence-electron chi connectivity index (χ1n) is 10.2. The Labute approximate surface area is 156 Å². The molecule has 1 aliphatic heterocycles. The highest BCUT2D eigenvalue weighted by atomic mass is 16.2. The molecule has 5 atom stereocenters. The average molecular weight is 354 g/mol. The summed E-state index contributed by atoms with van der Waals surface area (Å²) in [6.07, 6.45) is 5.45. The second-order valence-electron chi connectivity index (χ2n) is 8.62. The van der Waals surface area contributed by atoms with Gasteiger partial charge in [0.2, 0.25) is 11.8 Å². The van der Waals surface area contributed by atoms with Gasteiger partial charge in [-0.05, 0) is 44.1 Å². The van der Waals surface area contributed by atoms with Crippen LogP contribution in [0.2, 0.25) is 0 Å². The van der Waals surface area contributed by atoms with Crippen molar-refractivity contribution in [2.24, 2.45) is 17.8 Å². The van der Waals surface area contributed by atoms with E-state index < -0.39 is 0 Å². The molecular formula is C22H30N2O2. The number of benzene rings is 1. The average Bonchev–Trinajstić information content (AvgIpc) is 3.03. The summed E-state index contributed by atoms with van der Waals surface area (Å²) in [5.41, 5.74) is 1.35. The fourth-order valence-corrected chi connectivity index (χ4v) is 5.48. The van der Waals surface area contributed by atoms with Gasteiger partial charge in [0.1, 0.15) is 0 Å². The van der Waals surface area contributed by atoms with Crippen LogP contribution < -0.4 is 5.32 Å². The zero-order valence-electron chi connectivity index (χ0n) is 15.9. The Kier molecular flexibility index (Phi) is 4.76. The molecule has 1 heterocycles. The lowest BCUT2D eigenvalue weighted by atomic mass is 9.53. The maximum absolute atomic E-state index is 12.9. The quantitative estimate of drug-likeness (QED) is 0.902. The van der Waals surface area contributed by atoms with E-state index in [9.17, 15) is 9.59 Å². The number of rotatable bonds is 4.